The molecule has 0 atom stereocenters. The van der Waals surface area contributed by atoms with E-state index in [1.807, 2.05) is 14.1 Å². The number of benzene rings is 1. The molecule has 2 N–H and O–H groups in total. The summed E-state index contributed by atoms with van der Waals surface area (Å²) in [5.74, 6) is -0.316. The second kappa shape index (κ2) is 9.37. The Hall–Kier alpha value is -2.15. The summed E-state index contributed by atoms with van der Waals surface area (Å²) in [4.78, 5) is 28.8. The highest BCUT2D eigenvalue weighted by Crippen LogP contribution is 2.21. The highest BCUT2D eigenvalue weighted by atomic mass is 19.1. The Labute approximate surface area is 167 Å². The third-order valence-electron chi connectivity index (χ3n) is 5.07. The number of rotatable bonds is 6. The van der Waals surface area contributed by atoms with Gasteiger partial charge in [0.2, 0.25) is 5.91 Å². The molecule has 3 amide bonds. The molecule has 7 heteroatoms. The summed E-state index contributed by atoms with van der Waals surface area (Å²) in [7, 11) is 4.05. The van der Waals surface area contributed by atoms with E-state index < -0.39 is 0 Å². The summed E-state index contributed by atoms with van der Waals surface area (Å²) in [5, 5.41) is 5.90. The Morgan fingerprint density at radius 3 is 2.46 bits per heavy atom. The molecule has 1 aromatic rings. The number of amides is 3. The van der Waals surface area contributed by atoms with E-state index in [4.69, 9.17) is 0 Å². The predicted octanol–water partition coefficient (Wildman–Crippen LogP) is 3.08. The van der Waals surface area contributed by atoms with Crippen LogP contribution in [-0.2, 0) is 4.79 Å². The van der Waals surface area contributed by atoms with E-state index in [0.717, 1.165) is 6.54 Å². The first kappa shape index (κ1) is 22.1. The van der Waals surface area contributed by atoms with Crippen molar-refractivity contribution in [3.63, 3.8) is 0 Å². The van der Waals surface area contributed by atoms with Gasteiger partial charge in [0.25, 0.3) is 0 Å². The van der Waals surface area contributed by atoms with Gasteiger partial charge >= 0.3 is 6.03 Å². The molecule has 1 aliphatic rings. The zero-order valence-electron chi connectivity index (χ0n) is 17.6. The molecular formula is C21H33FN4O2. The second-order valence-corrected chi connectivity index (χ2v) is 8.77. The first-order chi connectivity index (χ1) is 13.1. The lowest BCUT2D eigenvalue weighted by Gasteiger charge is -2.33. The van der Waals surface area contributed by atoms with Crippen LogP contribution in [0.2, 0.25) is 0 Å². The standard InChI is InChI=1S/C21H33FN4O2/c1-15-12-17(22)6-7-18(15)24-20(28)26-10-8-16(9-11-26)19(27)23-13-21(2,3)14-25(4)5/h6-7,12,16H,8-11,13-14H2,1-5H3,(H,23,27)(H,24,28). The van der Waals surface area contributed by atoms with Crippen molar-refractivity contribution in [3.8, 4) is 0 Å². The van der Waals surface area contributed by atoms with Crippen molar-refractivity contribution in [2.45, 2.75) is 33.6 Å². The Balaban J connectivity index is 1.80. The molecule has 0 radical (unpaired) electrons. The van der Waals surface area contributed by atoms with Gasteiger partial charge in [-0.3, -0.25) is 4.79 Å². The minimum Gasteiger partial charge on any atom is -0.355 e. The Kier molecular flexibility index (Phi) is 7.41. The zero-order chi connectivity index (χ0) is 20.9. The molecule has 1 aromatic carbocycles. The van der Waals surface area contributed by atoms with Crippen LogP contribution in [0.1, 0.15) is 32.3 Å². The summed E-state index contributed by atoms with van der Waals surface area (Å²) in [6.45, 7) is 8.63. The van der Waals surface area contributed by atoms with Crippen LogP contribution in [0.3, 0.4) is 0 Å². The van der Waals surface area contributed by atoms with E-state index in [-0.39, 0.29) is 29.1 Å². The molecule has 0 bridgehead atoms. The molecule has 0 unspecified atom stereocenters. The van der Waals surface area contributed by atoms with E-state index in [2.05, 4.69) is 29.4 Å². The van der Waals surface area contributed by atoms with E-state index in [1.165, 1.54) is 12.1 Å². The van der Waals surface area contributed by atoms with E-state index in [1.54, 1.807) is 17.9 Å². The number of likely N-dealkylation sites (tertiary alicyclic amines) is 1. The molecule has 1 heterocycles. The van der Waals surface area contributed by atoms with E-state index in [0.29, 0.717) is 43.7 Å². The number of nitrogens with zero attached hydrogens (tertiary/aromatic N) is 2. The summed E-state index contributed by atoms with van der Waals surface area (Å²) < 4.78 is 13.2. The van der Waals surface area contributed by atoms with Crippen LogP contribution in [0.5, 0.6) is 0 Å². The molecule has 0 aromatic heterocycles. The van der Waals surface area contributed by atoms with Gasteiger partial charge in [0.1, 0.15) is 5.82 Å². The number of halogens is 1. The van der Waals surface area contributed by atoms with Crippen molar-refractivity contribution in [2.24, 2.45) is 11.3 Å². The maximum atomic E-state index is 13.2. The third-order valence-corrected chi connectivity index (χ3v) is 5.07. The maximum Gasteiger partial charge on any atom is 0.321 e. The van der Waals surface area contributed by atoms with Crippen LogP contribution in [0, 0.1) is 24.1 Å². The van der Waals surface area contributed by atoms with Crippen molar-refractivity contribution in [2.75, 3.05) is 45.6 Å². The lowest BCUT2D eigenvalue weighted by Crippen LogP contribution is -2.46. The molecule has 0 saturated carbocycles. The molecule has 0 spiro atoms. The number of hydrogen-bond acceptors (Lipinski definition) is 3. The highest BCUT2D eigenvalue weighted by molar-refractivity contribution is 5.90. The van der Waals surface area contributed by atoms with Crippen molar-refractivity contribution < 1.29 is 14.0 Å². The van der Waals surface area contributed by atoms with Crippen molar-refractivity contribution in [1.29, 1.82) is 0 Å². The molecule has 28 heavy (non-hydrogen) atoms. The molecule has 6 nitrogen and oxygen atoms in total. The Morgan fingerprint density at radius 2 is 1.89 bits per heavy atom. The molecule has 1 saturated heterocycles. The van der Waals surface area contributed by atoms with Crippen LogP contribution < -0.4 is 10.6 Å². The van der Waals surface area contributed by atoms with Gasteiger partial charge in [-0.25, -0.2) is 9.18 Å². The van der Waals surface area contributed by atoms with Gasteiger partial charge < -0.3 is 20.4 Å². The smallest absolute Gasteiger partial charge is 0.321 e. The number of nitrogens with one attached hydrogen (secondary N) is 2. The molecule has 1 aliphatic heterocycles. The Morgan fingerprint density at radius 1 is 1.25 bits per heavy atom. The normalized spacial score (nSPS) is 15.6. The first-order valence-electron chi connectivity index (χ1n) is 9.82. The number of urea groups is 1. The quantitative estimate of drug-likeness (QED) is 0.782. The van der Waals surface area contributed by atoms with Crippen molar-refractivity contribution in [3.05, 3.63) is 29.6 Å². The van der Waals surface area contributed by atoms with Gasteiger partial charge in [-0.05, 0) is 63.0 Å². The topological polar surface area (TPSA) is 64.7 Å². The van der Waals surface area contributed by atoms with E-state index in [9.17, 15) is 14.0 Å². The molecule has 2 rings (SSSR count). The lowest BCUT2D eigenvalue weighted by molar-refractivity contribution is -0.126. The van der Waals surface area contributed by atoms with Gasteiger partial charge in [0.05, 0.1) is 0 Å². The zero-order valence-corrected chi connectivity index (χ0v) is 17.6. The van der Waals surface area contributed by atoms with Gasteiger partial charge in [-0.2, -0.15) is 0 Å². The van der Waals surface area contributed by atoms with Crippen molar-refractivity contribution in [1.82, 2.24) is 15.1 Å². The average molecular weight is 393 g/mol. The van der Waals surface area contributed by atoms with Crippen LogP contribution >= 0.6 is 0 Å². The number of hydrogen-bond donors (Lipinski definition) is 2. The van der Waals surface area contributed by atoms with Crippen LogP contribution in [0.25, 0.3) is 0 Å². The first-order valence-corrected chi connectivity index (χ1v) is 9.82. The van der Waals surface area contributed by atoms with Crippen LogP contribution in [0.15, 0.2) is 18.2 Å². The third kappa shape index (κ3) is 6.48. The minimum atomic E-state index is -0.323. The van der Waals surface area contributed by atoms with E-state index >= 15 is 0 Å². The average Bonchev–Trinajstić information content (AvgIpc) is 2.61. The molecular weight excluding hydrogens is 359 g/mol. The summed E-state index contributed by atoms with van der Waals surface area (Å²) in [6.07, 6.45) is 1.30. The lowest BCUT2D eigenvalue weighted by atomic mass is 9.91. The number of piperidine rings is 1. The van der Waals surface area contributed by atoms with Crippen molar-refractivity contribution >= 4 is 17.6 Å². The summed E-state index contributed by atoms with van der Waals surface area (Å²) >= 11 is 0. The minimum absolute atomic E-state index is 0.00671. The molecule has 1 fully saturated rings. The van der Waals surface area contributed by atoms with Gasteiger partial charge in [0, 0.05) is 37.8 Å². The largest absolute Gasteiger partial charge is 0.355 e. The summed E-state index contributed by atoms with van der Waals surface area (Å²) in [6, 6.07) is 4.08. The fourth-order valence-electron chi connectivity index (χ4n) is 3.69. The number of anilines is 1. The predicted molar refractivity (Wildman–Crippen MR) is 110 cm³/mol. The highest BCUT2D eigenvalue weighted by Gasteiger charge is 2.29. The van der Waals surface area contributed by atoms with Gasteiger partial charge in [-0.15, -0.1) is 0 Å². The number of aryl methyl sites for hydroxylation is 1. The summed E-state index contributed by atoms with van der Waals surface area (Å²) in [5.41, 5.74) is 1.30. The Bertz CT molecular complexity index is 698. The number of carbonyl (C=O) groups is 2. The molecule has 156 valence electrons. The monoisotopic (exact) mass is 392 g/mol. The van der Waals surface area contributed by atoms with Gasteiger partial charge in [-0.1, -0.05) is 13.8 Å². The fraction of sp³-hybridized carbons (Fsp3) is 0.619. The van der Waals surface area contributed by atoms with Gasteiger partial charge in [0.15, 0.2) is 0 Å². The van der Waals surface area contributed by atoms with Crippen LogP contribution in [-0.4, -0.2) is 62.0 Å². The SMILES string of the molecule is Cc1cc(F)ccc1NC(=O)N1CCC(C(=O)NCC(C)(C)CN(C)C)CC1. The van der Waals surface area contributed by atoms with Crippen LogP contribution in [0.4, 0.5) is 14.9 Å². The fourth-order valence-corrected chi connectivity index (χ4v) is 3.69. The maximum absolute atomic E-state index is 13.2. The molecule has 0 aliphatic carbocycles. The number of carbonyl (C=O) groups excluding carboxylic acids is 2. The second-order valence-electron chi connectivity index (χ2n) is 8.77.